The van der Waals surface area contributed by atoms with E-state index in [-0.39, 0.29) is 5.82 Å². The average molecular weight is 250 g/mol. The molecular formula is C15H23FN2. The zero-order valence-electron chi connectivity index (χ0n) is 11.5. The predicted molar refractivity (Wildman–Crippen MR) is 73.0 cm³/mol. The van der Waals surface area contributed by atoms with Gasteiger partial charge in [0, 0.05) is 32.2 Å². The van der Waals surface area contributed by atoms with Crippen molar-refractivity contribution in [2.24, 2.45) is 5.92 Å². The summed E-state index contributed by atoms with van der Waals surface area (Å²) in [6, 6.07) is 5.63. The molecule has 1 fully saturated rings. The topological polar surface area (TPSA) is 15.3 Å². The summed E-state index contributed by atoms with van der Waals surface area (Å²) in [7, 11) is 0. The Hall–Kier alpha value is -0.930. The first-order chi connectivity index (χ1) is 8.58. The van der Waals surface area contributed by atoms with E-state index in [0.29, 0.717) is 12.0 Å². The molecule has 1 aromatic carbocycles. The van der Waals surface area contributed by atoms with Crippen LogP contribution in [-0.2, 0) is 6.54 Å². The first-order valence-corrected chi connectivity index (χ1v) is 6.77. The second-order valence-corrected chi connectivity index (χ2v) is 5.56. The smallest absolute Gasteiger partial charge is 0.123 e. The lowest BCUT2D eigenvalue weighted by Gasteiger charge is -2.39. The van der Waals surface area contributed by atoms with Gasteiger partial charge in [-0.2, -0.15) is 0 Å². The number of aryl methyl sites for hydroxylation is 1. The van der Waals surface area contributed by atoms with Gasteiger partial charge in [0.15, 0.2) is 0 Å². The number of benzene rings is 1. The fraction of sp³-hybridized carbons (Fsp3) is 0.600. The number of hydrogen-bond donors (Lipinski definition) is 1. The lowest BCUT2D eigenvalue weighted by Crippen LogP contribution is -2.53. The Morgan fingerprint density at radius 2 is 2.22 bits per heavy atom. The maximum absolute atomic E-state index is 13.3. The van der Waals surface area contributed by atoms with Gasteiger partial charge in [-0.05, 0) is 36.1 Å². The van der Waals surface area contributed by atoms with E-state index >= 15 is 0 Å². The van der Waals surface area contributed by atoms with Gasteiger partial charge in [-0.25, -0.2) is 4.39 Å². The van der Waals surface area contributed by atoms with Gasteiger partial charge in [-0.1, -0.05) is 19.9 Å². The lowest BCUT2D eigenvalue weighted by molar-refractivity contribution is 0.117. The van der Waals surface area contributed by atoms with Crippen LogP contribution in [0.15, 0.2) is 18.2 Å². The zero-order chi connectivity index (χ0) is 13.1. The molecule has 0 aromatic heterocycles. The van der Waals surface area contributed by atoms with Crippen molar-refractivity contribution >= 4 is 0 Å². The first-order valence-electron chi connectivity index (χ1n) is 6.77. The third-order valence-electron chi connectivity index (χ3n) is 3.85. The van der Waals surface area contributed by atoms with Crippen molar-refractivity contribution in [3.05, 3.63) is 35.1 Å². The summed E-state index contributed by atoms with van der Waals surface area (Å²) < 4.78 is 13.3. The minimum absolute atomic E-state index is 0.133. The van der Waals surface area contributed by atoms with Crippen molar-refractivity contribution in [3.63, 3.8) is 0 Å². The van der Waals surface area contributed by atoms with Gasteiger partial charge in [0.05, 0.1) is 0 Å². The van der Waals surface area contributed by atoms with Gasteiger partial charge in [0.2, 0.25) is 0 Å². The van der Waals surface area contributed by atoms with Crippen LogP contribution in [0.2, 0.25) is 0 Å². The number of halogens is 1. The normalized spacial score (nSPS) is 21.5. The van der Waals surface area contributed by atoms with Crippen molar-refractivity contribution in [2.75, 3.05) is 19.6 Å². The van der Waals surface area contributed by atoms with Gasteiger partial charge >= 0.3 is 0 Å². The summed E-state index contributed by atoms with van der Waals surface area (Å²) >= 11 is 0. The minimum atomic E-state index is -0.133. The van der Waals surface area contributed by atoms with E-state index in [1.165, 1.54) is 11.6 Å². The summed E-state index contributed by atoms with van der Waals surface area (Å²) in [5.41, 5.74) is 2.29. The number of nitrogens with one attached hydrogen (secondary N) is 1. The van der Waals surface area contributed by atoms with Gasteiger partial charge in [0.25, 0.3) is 0 Å². The fourth-order valence-corrected chi connectivity index (χ4v) is 2.65. The molecule has 0 spiro atoms. The molecule has 0 amide bonds. The van der Waals surface area contributed by atoms with Crippen LogP contribution in [0, 0.1) is 18.7 Å². The van der Waals surface area contributed by atoms with Crippen molar-refractivity contribution < 1.29 is 4.39 Å². The summed E-state index contributed by atoms with van der Waals surface area (Å²) in [5, 5.41) is 3.44. The molecule has 1 heterocycles. The molecule has 0 aliphatic carbocycles. The summed E-state index contributed by atoms with van der Waals surface area (Å²) in [6.45, 7) is 10.5. The number of rotatable bonds is 3. The summed E-state index contributed by atoms with van der Waals surface area (Å²) in [5.74, 6) is 0.485. The Kier molecular flexibility index (Phi) is 4.36. The van der Waals surface area contributed by atoms with E-state index in [2.05, 4.69) is 31.0 Å². The van der Waals surface area contributed by atoms with E-state index in [4.69, 9.17) is 0 Å². The molecule has 1 atom stereocenters. The fourth-order valence-electron chi connectivity index (χ4n) is 2.65. The molecule has 1 aromatic rings. The van der Waals surface area contributed by atoms with Crippen LogP contribution in [0.1, 0.15) is 25.0 Å². The Balaban J connectivity index is 2.13. The molecule has 18 heavy (non-hydrogen) atoms. The molecule has 0 radical (unpaired) electrons. The zero-order valence-corrected chi connectivity index (χ0v) is 11.5. The largest absolute Gasteiger partial charge is 0.314 e. The van der Waals surface area contributed by atoms with Crippen LogP contribution in [0.4, 0.5) is 4.39 Å². The second-order valence-electron chi connectivity index (χ2n) is 5.56. The molecule has 3 heteroatoms. The molecule has 1 N–H and O–H groups in total. The van der Waals surface area contributed by atoms with Crippen molar-refractivity contribution in [3.8, 4) is 0 Å². The number of hydrogen-bond acceptors (Lipinski definition) is 2. The highest BCUT2D eigenvalue weighted by Crippen LogP contribution is 2.19. The average Bonchev–Trinajstić information content (AvgIpc) is 2.34. The maximum Gasteiger partial charge on any atom is 0.123 e. The molecule has 100 valence electrons. The van der Waals surface area contributed by atoms with Gasteiger partial charge in [0.1, 0.15) is 5.82 Å². The highest BCUT2D eigenvalue weighted by Gasteiger charge is 2.25. The quantitative estimate of drug-likeness (QED) is 0.887. The Labute approximate surface area is 109 Å². The van der Waals surface area contributed by atoms with Crippen molar-refractivity contribution in [1.82, 2.24) is 10.2 Å². The molecule has 0 saturated carbocycles. The highest BCUT2D eigenvalue weighted by atomic mass is 19.1. The molecule has 2 rings (SSSR count). The van der Waals surface area contributed by atoms with Crippen LogP contribution >= 0.6 is 0 Å². The Bertz CT molecular complexity index is 403. The molecule has 1 unspecified atom stereocenters. The Morgan fingerprint density at radius 3 is 2.94 bits per heavy atom. The highest BCUT2D eigenvalue weighted by molar-refractivity contribution is 5.26. The Morgan fingerprint density at radius 1 is 1.44 bits per heavy atom. The molecule has 1 aliphatic rings. The molecular weight excluding hydrogens is 227 g/mol. The first kappa shape index (κ1) is 13.5. The molecule has 1 aliphatic heterocycles. The van der Waals surface area contributed by atoms with Crippen LogP contribution in [0.5, 0.6) is 0 Å². The lowest BCUT2D eigenvalue weighted by atomic mass is 9.99. The summed E-state index contributed by atoms with van der Waals surface area (Å²) in [6.07, 6.45) is 0. The van der Waals surface area contributed by atoms with E-state index < -0.39 is 0 Å². The predicted octanol–water partition coefficient (Wildman–Crippen LogP) is 2.56. The van der Waals surface area contributed by atoms with Gasteiger partial charge in [-0.15, -0.1) is 0 Å². The van der Waals surface area contributed by atoms with E-state index in [1.807, 2.05) is 6.07 Å². The van der Waals surface area contributed by atoms with Crippen LogP contribution in [0.25, 0.3) is 0 Å². The van der Waals surface area contributed by atoms with Crippen LogP contribution in [0.3, 0.4) is 0 Å². The van der Waals surface area contributed by atoms with E-state index in [0.717, 1.165) is 31.7 Å². The number of piperazine rings is 1. The third-order valence-corrected chi connectivity index (χ3v) is 3.85. The number of nitrogens with zero attached hydrogens (tertiary/aromatic N) is 1. The van der Waals surface area contributed by atoms with Crippen LogP contribution < -0.4 is 5.32 Å². The standard InChI is InChI=1S/C15H23FN2/c1-11(2)15-9-17-6-7-18(15)10-13-8-14(16)5-4-12(13)3/h4-5,8,11,15,17H,6-7,9-10H2,1-3H3. The van der Waals surface area contributed by atoms with Crippen LogP contribution in [-0.4, -0.2) is 30.6 Å². The monoisotopic (exact) mass is 250 g/mol. The van der Waals surface area contributed by atoms with E-state index in [9.17, 15) is 4.39 Å². The minimum Gasteiger partial charge on any atom is -0.314 e. The third kappa shape index (κ3) is 3.09. The van der Waals surface area contributed by atoms with Gasteiger partial charge in [-0.3, -0.25) is 4.90 Å². The molecule has 0 bridgehead atoms. The van der Waals surface area contributed by atoms with E-state index in [1.54, 1.807) is 6.07 Å². The van der Waals surface area contributed by atoms with Crippen molar-refractivity contribution in [2.45, 2.75) is 33.4 Å². The van der Waals surface area contributed by atoms with Crippen molar-refractivity contribution in [1.29, 1.82) is 0 Å². The SMILES string of the molecule is Cc1ccc(F)cc1CN1CCNCC1C(C)C. The molecule has 2 nitrogen and oxygen atoms in total. The summed E-state index contributed by atoms with van der Waals surface area (Å²) in [4.78, 5) is 2.48. The second kappa shape index (κ2) is 5.81. The maximum atomic E-state index is 13.3. The van der Waals surface area contributed by atoms with Gasteiger partial charge < -0.3 is 5.32 Å². The molecule has 1 saturated heterocycles.